The number of anilines is 2. The maximum Gasteiger partial charge on any atom is 0.319 e. The van der Waals surface area contributed by atoms with Gasteiger partial charge in [0.05, 0.1) is 13.7 Å². The van der Waals surface area contributed by atoms with E-state index in [0.717, 1.165) is 16.3 Å². The fourth-order valence-corrected chi connectivity index (χ4v) is 3.45. The first-order valence-corrected chi connectivity index (χ1v) is 10.1. The number of methoxy groups -OCH3 is 1. The summed E-state index contributed by atoms with van der Waals surface area (Å²) in [6, 6.07) is 20.2. The Morgan fingerprint density at radius 2 is 1.76 bits per heavy atom. The Morgan fingerprint density at radius 1 is 1.00 bits per heavy atom. The van der Waals surface area contributed by atoms with Gasteiger partial charge >= 0.3 is 6.03 Å². The molecule has 6 nitrogen and oxygen atoms in total. The molecule has 0 aliphatic carbocycles. The van der Waals surface area contributed by atoms with Gasteiger partial charge in [-0.15, -0.1) is 11.3 Å². The van der Waals surface area contributed by atoms with E-state index in [2.05, 4.69) is 10.6 Å². The van der Waals surface area contributed by atoms with E-state index >= 15 is 0 Å². The molecule has 3 rings (SSSR count). The minimum absolute atomic E-state index is 0.0661. The standard InChI is InChI=1S/C22H23N3O3S/c1-28-19-11-9-18(10-12-19)25(16-20-8-5-15-29-20)21(26)13-14-23-22(27)24-17-6-3-2-4-7-17/h2-12,15H,13-14,16H2,1H3,(H2,23,24,27). The molecule has 150 valence electrons. The minimum Gasteiger partial charge on any atom is -0.497 e. The number of urea groups is 1. The number of carbonyl (C=O) groups excluding carboxylic acids is 2. The smallest absolute Gasteiger partial charge is 0.319 e. The van der Waals surface area contributed by atoms with Crippen molar-refractivity contribution in [2.45, 2.75) is 13.0 Å². The molecule has 0 atom stereocenters. The Balaban J connectivity index is 1.59. The van der Waals surface area contributed by atoms with Gasteiger partial charge in [0.25, 0.3) is 0 Å². The lowest BCUT2D eigenvalue weighted by molar-refractivity contribution is -0.118. The third-order valence-electron chi connectivity index (χ3n) is 4.24. The Morgan fingerprint density at radius 3 is 2.41 bits per heavy atom. The second-order valence-electron chi connectivity index (χ2n) is 6.25. The second kappa shape index (κ2) is 10.3. The fraction of sp³-hybridized carbons (Fsp3) is 0.182. The van der Waals surface area contributed by atoms with Gasteiger partial charge in [0.1, 0.15) is 5.75 Å². The molecule has 2 aromatic carbocycles. The first-order valence-electron chi connectivity index (χ1n) is 9.22. The van der Waals surface area contributed by atoms with Crippen molar-refractivity contribution in [2.75, 3.05) is 23.9 Å². The molecule has 0 saturated carbocycles. The van der Waals surface area contributed by atoms with E-state index in [9.17, 15) is 9.59 Å². The quantitative estimate of drug-likeness (QED) is 0.575. The van der Waals surface area contributed by atoms with Gasteiger partial charge in [-0.05, 0) is 47.8 Å². The van der Waals surface area contributed by atoms with Crippen molar-refractivity contribution in [1.82, 2.24) is 5.32 Å². The number of amides is 3. The number of para-hydroxylation sites is 1. The molecular weight excluding hydrogens is 386 g/mol. The third-order valence-corrected chi connectivity index (χ3v) is 5.10. The van der Waals surface area contributed by atoms with Crippen molar-refractivity contribution in [3.8, 4) is 5.75 Å². The summed E-state index contributed by atoms with van der Waals surface area (Å²) >= 11 is 1.60. The molecule has 1 aromatic heterocycles. The summed E-state index contributed by atoms with van der Waals surface area (Å²) in [6.45, 7) is 0.730. The Hall–Kier alpha value is -3.32. The van der Waals surface area contributed by atoms with E-state index in [0.29, 0.717) is 12.2 Å². The number of hydrogen-bond acceptors (Lipinski definition) is 4. The summed E-state index contributed by atoms with van der Waals surface area (Å²) in [5.41, 5.74) is 1.49. The van der Waals surface area contributed by atoms with Crippen molar-refractivity contribution >= 4 is 34.6 Å². The van der Waals surface area contributed by atoms with Gasteiger partial charge < -0.3 is 20.3 Å². The number of carbonyl (C=O) groups is 2. The molecule has 0 aliphatic heterocycles. The molecule has 0 unspecified atom stereocenters. The normalized spacial score (nSPS) is 10.2. The van der Waals surface area contributed by atoms with Crippen LogP contribution in [0.5, 0.6) is 5.75 Å². The summed E-state index contributed by atoms with van der Waals surface area (Å²) < 4.78 is 5.20. The number of nitrogens with zero attached hydrogens (tertiary/aromatic N) is 1. The number of ether oxygens (including phenoxy) is 1. The molecule has 3 amide bonds. The number of rotatable bonds is 8. The van der Waals surface area contributed by atoms with Gasteiger partial charge in [-0.1, -0.05) is 24.3 Å². The Bertz CT molecular complexity index is 912. The van der Waals surface area contributed by atoms with Crippen LogP contribution in [0.25, 0.3) is 0 Å². The zero-order valence-corrected chi connectivity index (χ0v) is 16.9. The van der Waals surface area contributed by atoms with Crippen LogP contribution in [-0.2, 0) is 11.3 Å². The van der Waals surface area contributed by atoms with E-state index in [-0.39, 0.29) is 24.9 Å². The number of nitrogens with one attached hydrogen (secondary N) is 2. The number of benzene rings is 2. The largest absolute Gasteiger partial charge is 0.497 e. The van der Waals surface area contributed by atoms with Gasteiger partial charge in [0.15, 0.2) is 0 Å². The van der Waals surface area contributed by atoms with Crippen LogP contribution in [0.3, 0.4) is 0 Å². The van der Waals surface area contributed by atoms with Crippen LogP contribution in [0.1, 0.15) is 11.3 Å². The predicted octanol–water partition coefficient (Wildman–Crippen LogP) is 4.50. The van der Waals surface area contributed by atoms with E-state index in [1.54, 1.807) is 35.5 Å². The van der Waals surface area contributed by atoms with Gasteiger partial charge in [0, 0.05) is 29.2 Å². The first kappa shape index (κ1) is 20.4. The van der Waals surface area contributed by atoms with E-state index < -0.39 is 0 Å². The van der Waals surface area contributed by atoms with E-state index in [1.165, 1.54) is 0 Å². The summed E-state index contributed by atoms with van der Waals surface area (Å²) in [4.78, 5) is 27.7. The van der Waals surface area contributed by atoms with Crippen LogP contribution in [0, 0.1) is 0 Å². The van der Waals surface area contributed by atoms with Gasteiger partial charge in [-0.3, -0.25) is 4.79 Å². The lowest BCUT2D eigenvalue weighted by Crippen LogP contribution is -2.35. The highest BCUT2D eigenvalue weighted by Crippen LogP contribution is 2.23. The van der Waals surface area contributed by atoms with Crippen LogP contribution in [0.4, 0.5) is 16.2 Å². The number of thiophene rings is 1. The minimum atomic E-state index is -0.335. The highest BCUT2D eigenvalue weighted by Gasteiger charge is 2.17. The van der Waals surface area contributed by atoms with Crippen LogP contribution < -0.4 is 20.3 Å². The SMILES string of the molecule is COc1ccc(N(Cc2cccs2)C(=O)CCNC(=O)Nc2ccccc2)cc1. The molecular formula is C22H23N3O3S. The van der Waals surface area contributed by atoms with E-state index in [1.807, 2.05) is 60.0 Å². The second-order valence-corrected chi connectivity index (χ2v) is 7.29. The monoisotopic (exact) mass is 409 g/mol. The molecule has 0 bridgehead atoms. The van der Waals surface area contributed by atoms with Crippen molar-refractivity contribution in [1.29, 1.82) is 0 Å². The highest BCUT2D eigenvalue weighted by atomic mass is 32.1. The van der Waals surface area contributed by atoms with Crippen molar-refractivity contribution in [2.24, 2.45) is 0 Å². The van der Waals surface area contributed by atoms with Gasteiger partial charge in [0.2, 0.25) is 5.91 Å². The highest BCUT2D eigenvalue weighted by molar-refractivity contribution is 7.09. The molecule has 0 aliphatic rings. The molecule has 0 saturated heterocycles. The van der Waals surface area contributed by atoms with Crippen LogP contribution in [0.15, 0.2) is 72.1 Å². The Labute approximate surface area is 174 Å². The van der Waals surface area contributed by atoms with Crippen LogP contribution in [-0.4, -0.2) is 25.6 Å². The lowest BCUT2D eigenvalue weighted by Gasteiger charge is -2.23. The van der Waals surface area contributed by atoms with Gasteiger partial charge in [-0.25, -0.2) is 4.79 Å². The molecule has 7 heteroatoms. The average molecular weight is 410 g/mol. The zero-order chi connectivity index (χ0) is 20.5. The van der Waals surface area contributed by atoms with E-state index in [4.69, 9.17) is 4.74 Å². The lowest BCUT2D eigenvalue weighted by atomic mass is 10.2. The maximum atomic E-state index is 12.9. The van der Waals surface area contributed by atoms with Crippen molar-refractivity contribution in [3.05, 3.63) is 77.0 Å². The fourth-order valence-electron chi connectivity index (χ4n) is 2.76. The van der Waals surface area contributed by atoms with Crippen LogP contribution >= 0.6 is 11.3 Å². The van der Waals surface area contributed by atoms with Gasteiger partial charge in [-0.2, -0.15) is 0 Å². The zero-order valence-electron chi connectivity index (χ0n) is 16.1. The van der Waals surface area contributed by atoms with Crippen molar-refractivity contribution in [3.63, 3.8) is 0 Å². The maximum absolute atomic E-state index is 12.9. The number of hydrogen-bond donors (Lipinski definition) is 2. The molecule has 0 fully saturated rings. The third kappa shape index (κ3) is 6.08. The molecule has 2 N–H and O–H groups in total. The summed E-state index contributed by atoms with van der Waals surface area (Å²) in [6.07, 6.45) is 0.194. The molecule has 29 heavy (non-hydrogen) atoms. The molecule has 3 aromatic rings. The summed E-state index contributed by atoms with van der Waals surface area (Å²) in [7, 11) is 1.61. The first-order chi connectivity index (χ1) is 14.2. The molecule has 0 spiro atoms. The molecule has 0 radical (unpaired) electrons. The Kier molecular flexibility index (Phi) is 7.24. The van der Waals surface area contributed by atoms with Crippen molar-refractivity contribution < 1.29 is 14.3 Å². The average Bonchev–Trinajstić information content (AvgIpc) is 3.26. The molecule has 1 heterocycles. The predicted molar refractivity (Wildman–Crippen MR) is 117 cm³/mol. The summed E-state index contributed by atoms with van der Waals surface area (Å²) in [5.74, 6) is 0.667. The summed E-state index contributed by atoms with van der Waals surface area (Å²) in [5, 5.41) is 7.46. The van der Waals surface area contributed by atoms with Crippen LogP contribution in [0.2, 0.25) is 0 Å². The topological polar surface area (TPSA) is 70.7 Å².